The lowest BCUT2D eigenvalue weighted by Crippen LogP contribution is -2.31. The van der Waals surface area contributed by atoms with Gasteiger partial charge in [0.2, 0.25) is 0 Å². The number of alkyl halides is 3. The molecule has 3 nitrogen and oxygen atoms in total. The molecule has 2 amide bonds. The third kappa shape index (κ3) is 4.98. The zero-order valence-electron chi connectivity index (χ0n) is 12.0. The lowest BCUT2D eigenvalue weighted by atomic mass is 10.1. The summed E-state index contributed by atoms with van der Waals surface area (Å²) in [6.45, 7) is 0.170. The van der Waals surface area contributed by atoms with Crippen LogP contribution in [0, 0.1) is 5.82 Å². The number of hydrogen-bond acceptors (Lipinski definition) is 1. The molecule has 0 aliphatic carbocycles. The largest absolute Gasteiger partial charge is 0.418 e. The number of benzene rings is 2. The van der Waals surface area contributed by atoms with Crippen molar-refractivity contribution in [2.45, 2.75) is 12.6 Å². The van der Waals surface area contributed by atoms with Crippen LogP contribution in [0.3, 0.4) is 0 Å². The van der Waals surface area contributed by atoms with E-state index in [0.717, 1.165) is 6.07 Å². The van der Waals surface area contributed by atoms with E-state index in [1.54, 1.807) is 12.1 Å². The van der Waals surface area contributed by atoms with Gasteiger partial charge < -0.3 is 10.6 Å². The van der Waals surface area contributed by atoms with Crippen molar-refractivity contribution in [3.63, 3.8) is 0 Å². The van der Waals surface area contributed by atoms with Gasteiger partial charge >= 0.3 is 12.2 Å². The number of halogens is 4. The number of hydrogen-bond donors (Lipinski definition) is 2. The maximum atomic E-state index is 13.0. The zero-order chi connectivity index (χ0) is 16.9. The van der Waals surface area contributed by atoms with Crippen LogP contribution in [0.15, 0.2) is 48.5 Å². The molecule has 0 bridgehead atoms. The van der Waals surface area contributed by atoms with Crippen LogP contribution in [0.25, 0.3) is 0 Å². The zero-order valence-corrected chi connectivity index (χ0v) is 12.0. The van der Waals surface area contributed by atoms with Crippen LogP contribution < -0.4 is 10.6 Å². The van der Waals surface area contributed by atoms with E-state index in [1.807, 2.05) is 0 Å². The molecule has 7 heteroatoms. The Morgan fingerprint density at radius 3 is 2.48 bits per heavy atom. The molecule has 0 spiro atoms. The molecule has 0 aliphatic heterocycles. The molecular weight excluding hydrogens is 312 g/mol. The summed E-state index contributed by atoms with van der Waals surface area (Å²) < 4.78 is 51.4. The first-order valence-electron chi connectivity index (χ1n) is 6.82. The van der Waals surface area contributed by atoms with Gasteiger partial charge in [-0.1, -0.05) is 24.3 Å². The molecule has 2 aromatic rings. The van der Waals surface area contributed by atoms with Gasteiger partial charge in [-0.3, -0.25) is 0 Å². The summed E-state index contributed by atoms with van der Waals surface area (Å²) in [6, 6.07) is 9.84. The van der Waals surface area contributed by atoms with E-state index in [-0.39, 0.29) is 18.0 Å². The Morgan fingerprint density at radius 2 is 1.78 bits per heavy atom. The molecule has 122 valence electrons. The van der Waals surface area contributed by atoms with Crippen molar-refractivity contribution >= 4 is 11.7 Å². The Balaban J connectivity index is 1.91. The number of amides is 2. The summed E-state index contributed by atoms with van der Waals surface area (Å²) in [5, 5.41) is 4.61. The minimum Gasteiger partial charge on any atom is -0.338 e. The number of carbonyl (C=O) groups is 1. The van der Waals surface area contributed by atoms with Crippen LogP contribution in [0.4, 0.5) is 28.0 Å². The van der Waals surface area contributed by atoms with Crippen molar-refractivity contribution in [2.75, 3.05) is 11.9 Å². The summed E-state index contributed by atoms with van der Waals surface area (Å²) in [4.78, 5) is 11.7. The Bertz CT molecular complexity index is 686. The molecule has 0 fully saturated rings. The van der Waals surface area contributed by atoms with Crippen LogP contribution in [-0.2, 0) is 12.6 Å². The van der Waals surface area contributed by atoms with E-state index < -0.39 is 17.8 Å². The number of anilines is 1. The maximum Gasteiger partial charge on any atom is 0.418 e. The molecule has 0 saturated carbocycles. The number of rotatable bonds is 4. The van der Waals surface area contributed by atoms with Crippen molar-refractivity contribution in [3.05, 3.63) is 65.5 Å². The normalized spacial score (nSPS) is 11.1. The quantitative estimate of drug-likeness (QED) is 0.812. The predicted octanol–water partition coefficient (Wildman–Crippen LogP) is 4.21. The van der Waals surface area contributed by atoms with Gasteiger partial charge in [-0.25, -0.2) is 9.18 Å². The molecule has 2 N–H and O–H groups in total. The van der Waals surface area contributed by atoms with E-state index in [4.69, 9.17) is 0 Å². The number of carbonyl (C=O) groups excluding carboxylic acids is 1. The Kier molecular flexibility index (Phi) is 5.20. The highest BCUT2D eigenvalue weighted by Crippen LogP contribution is 2.34. The summed E-state index contributed by atoms with van der Waals surface area (Å²) in [5.41, 5.74) is -0.551. The Morgan fingerprint density at radius 1 is 1.04 bits per heavy atom. The fraction of sp³-hybridized carbons (Fsp3) is 0.188. The van der Waals surface area contributed by atoms with Gasteiger partial charge in [0.05, 0.1) is 11.3 Å². The Labute approximate surface area is 130 Å². The minimum absolute atomic E-state index is 0.170. The fourth-order valence-electron chi connectivity index (χ4n) is 2.02. The summed E-state index contributed by atoms with van der Waals surface area (Å²) in [7, 11) is 0. The van der Waals surface area contributed by atoms with Gasteiger partial charge in [-0.15, -0.1) is 0 Å². The highest BCUT2D eigenvalue weighted by atomic mass is 19.4. The molecule has 0 unspecified atom stereocenters. The SMILES string of the molecule is O=C(NCCc1cccc(F)c1)Nc1ccccc1C(F)(F)F. The fourth-order valence-corrected chi connectivity index (χ4v) is 2.02. The number of urea groups is 1. The van der Waals surface area contributed by atoms with Gasteiger partial charge in [0.15, 0.2) is 0 Å². The molecule has 2 rings (SSSR count). The van der Waals surface area contributed by atoms with Gasteiger partial charge in [0.1, 0.15) is 5.82 Å². The second-order valence-electron chi connectivity index (χ2n) is 4.80. The van der Waals surface area contributed by atoms with E-state index in [1.165, 1.54) is 30.3 Å². The van der Waals surface area contributed by atoms with E-state index in [0.29, 0.717) is 12.0 Å². The van der Waals surface area contributed by atoms with Crippen molar-refractivity contribution < 1.29 is 22.4 Å². The van der Waals surface area contributed by atoms with Gasteiger partial charge in [-0.05, 0) is 36.2 Å². The van der Waals surface area contributed by atoms with Crippen molar-refractivity contribution in [1.82, 2.24) is 5.32 Å². The van der Waals surface area contributed by atoms with Crippen LogP contribution in [0.2, 0.25) is 0 Å². The minimum atomic E-state index is -4.55. The molecule has 23 heavy (non-hydrogen) atoms. The predicted molar refractivity (Wildman–Crippen MR) is 78.6 cm³/mol. The average molecular weight is 326 g/mol. The second kappa shape index (κ2) is 7.13. The summed E-state index contributed by atoms with van der Waals surface area (Å²) in [5.74, 6) is -0.383. The molecular formula is C16H14F4N2O. The molecule has 0 saturated heterocycles. The standard InChI is InChI=1S/C16H14F4N2O/c17-12-5-3-4-11(10-12)8-9-21-15(23)22-14-7-2-1-6-13(14)16(18,19)20/h1-7,10H,8-9H2,(H2,21,22,23). The highest BCUT2D eigenvalue weighted by molar-refractivity contribution is 5.90. The van der Waals surface area contributed by atoms with Crippen LogP contribution in [0.1, 0.15) is 11.1 Å². The molecule has 0 aromatic heterocycles. The third-order valence-electron chi connectivity index (χ3n) is 3.07. The Hall–Kier alpha value is -2.57. The monoisotopic (exact) mass is 326 g/mol. The molecule has 0 atom stereocenters. The highest BCUT2D eigenvalue weighted by Gasteiger charge is 2.33. The first kappa shape index (κ1) is 16.8. The van der Waals surface area contributed by atoms with E-state index in [2.05, 4.69) is 10.6 Å². The number of nitrogens with one attached hydrogen (secondary N) is 2. The number of para-hydroxylation sites is 1. The molecule has 2 aromatic carbocycles. The van der Waals surface area contributed by atoms with Crippen molar-refractivity contribution in [2.24, 2.45) is 0 Å². The topological polar surface area (TPSA) is 41.1 Å². The van der Waals surface area contributed by atoms with E-state index >= 15 is 0 Å². The average Bonchev–Trinajstić information content (AvgIpc) is 2.47. The van der Waals surface area contributed by atoms with Crippen molar-refractivity contribution in [1.29, 1.82) is 0 Å². The van der Waals surface area contributed by atoms with Gasteiger partial charge in [0.25, 0.3) is 0 Å². The third-order valence-corrected chi connectivity index (χ3v) is 3.07. The van der Waals surface area contributed by atoms with Crippen molar-refractivity contribution in [3.8, 4) is 0 Å². The smallest absolute Gasteiger partial charge is 0.338 e. The molecule has 0 radical (unpaired) electrons. The summed E-state index contributed by atoms with van der Waals surface area (Å²) in [6.07, 6.45) is -4.18. The molecule has 0 aliphatic rings. The molecule has 0 heterocycles. The van der Waals surface area contributed by atoms with E-state index in [9.17, 15) is 22.4 Å². The lowest BCUT2D eigenvalue weighted by molar-refractivity contribution is -0.136. The van der Waals surface area contributed by atoms with Crippen LogP contribution in [0.5, 0.6) is 0 Å². The van der Waals surface area contributed by atoms with Gasteiger partial charge in [-0.2, -0.15) is 13.2 Å². The van der Waals surface area contributed by atoms with Crippen LogP contribution in [-0.4, -0.2) is 12.6 Å². The van der Waals surface area contributed by atoms with Crippen LogP contribution >= 0.6 is 0 Å². The van der Waals surface area contributed by atoms with Gasteiger partial charge in [0, 0.05) is 6.54 Å². The first-order chi connectivity index (χ1) is 10.9. The maximum absolute atomic E-state index is 13.0. The summed E-state index contributed by atoms with van der Waals surface area (Å²) >= 11 is 0. The first-order valence-corrected chi connectivity index (χ1v) is 6.82. The lowest BCUT2D eigenvalue weighted by Gasteiger charge is -2.14. The second-order valence-corrected chi connectivity index (χ2v) is 4.80.